The minimum Gasteiger partial charge on any atom is -0.365 e. The van der Waals surface area contributed by atoms with E-state index in [1.54, 1.807) is 25.3 Å². The second-order valence-electron chi connectivity index (χ2n) is 7.15. The van der Waals surface area contributed by atoms with Crippen LogP contribution in [0.2, 0.25) is 0 Å². The van der Waals surface area contributed by atoms with E-state index in [0.29, 0.717) is 10.5 Å². The summed E-state index contributed by atoms with van der Waals surface area (Å²) in [6.45, 7) is 1.76. The molecule has 1 aromatic carbocycles. The summed E-state index contributed by atoms with van der Waals surface area (Å²) in [5.41, 5.74) is 6.26. The van der Waals surface area contributed by atoms with Gasteiger partial charge in [0.2, 0.25) is 5.91 Å². The number of thioether (sulfide) groups is 1. The van der Waals surface area contributed by atoms with Crippen molar-refractivity contribution in [3.63, 3.8) is 0 Å². The van der Waals surface area contributed by atoms with Crippen LogP contribution in [-0.4, -0.2) is 37.4 Å². The van der Waals surface area contributed by atoms with Crippen molar-refractivity contribution in [2.24, 2.45) is 5.73 Å². The molecule has 1 saturated carbocycles. The second kappa shape index (κ2) is 7.79. The number of amides is 2. The molecule has 1 aromatic rings. The lowest BCUT2D eigenvalue weighted by molar-refractivity contribution is -0.123. The van der Waals surface area contributed by atoms with Crippen LogP contribution in [0.25, 0.3) is 0 Å². The Bertz CT molecular complexity index is 906. The van der Waals surface area contributed by atoms with E-state index in [4.69, 9.17) is 5.73 Å². The molecule has 1 aliphatic carbocycles. The third-order valence-electron chi connectivity index (χ3n) is 5.14. The summed E-state index contributed by atoms with van der Waals surface area (Å²) < 4.78 is 23.7. The highest BCUT2D eigenvalue weighted by atomic mass is 32.2. The quantitative estimate of drug-likeness (QED) is 0.725. The molecule has 3 N–H and O–H groups in total. The van der Waals surface area contributed by atoms with Gasteiger partial charge in [-0.25, -0.2) is 8.42 Å². The Kier molecular flexibility index (Phi) is 5.77. The monoisotopic (exact) mass is 423 g/mol. The molecule has 0 spiro atoms. The summed E-state index contributed by atoms with van der Waals surface area (Å²) in [5.74, 6) is -0.713. The van der Waals surface area contributed by atoms with E-state index in [9.17, 15) is 18.0 Å². The SMILES string of the molecule is CCC(=O)NC1(c2ccc(S(C)(=O)=O)cc2)SC(C(N)=O)=CN1C1CCCC1. The van der Waals surface area contributed by atoms with Crippen LogP contribution in [0.3, 0.4) is 0 Å². The average Bonchev–Trinajstić information content (AvgIpc) is 3.29. The minimum atomic E-state index is -3.34. The zero-order valence-corrected chi connectivity index (χ0v) is 17.6. The summed E-state index contributed by atoms with van der Waals surface area (Å²) >= 11 is 1.20. The van der Waals surface area contributed by atoms with E-state index in [0.717, 1.165) is 31.9 Å². The Labute approximate surface area is 169 Å². The van der Waals surface area contributed by atoms with Gasteiger partial charge in [-0.2, -0.15) is 0 Å². The summed E-state index contributed by atoms with van der Waals surface area (Å²) in [5, 5.41) is 3.07. The second-order valence-corrected chi connectivity index (χ2v) is 10.4. The van der Waals surface area contributed by atoms with Gasteiger partial charge < -0.3 is 16.0 Å². The van der Waals surface area contributed by atoms with Crippen LogP contribution in [0.1, 0.15) is 44.6 Å². The number of rotatable bonds is 6. The maximum Gasteiger partial charge on any atom is 0.256 e. The maximum atomic E-state index is 12.4. The van der Waals surface area contributed by atoms with Crippen molar-refractivity contribution < 1.29 is 18.0 Å². The molecule has 1 unspecified atom stereocenters. The predicted octanol–water partition coefficient (Wildman–Crippen LogP) is 2.04. The number of carbonyl (C=O) groups excluding carboxylic acids is 2. The number of nitrogens with zero attached hydrogens (tertiary/aromatic N) is 1. The van der Waals surface area contributed by atoms with Crippen LogP contribution in [0, 0.1) is 0 Å². The van der Waals surface area contributed by atoms with Crippen LogP contribution >= 0.6 is 11.8 Å². The van der Waals surface area contributed by atoms with E-state index < -0.39 is 20.7 Å². The molecular weight excluding hydrogens is 398 g/mol. The van der Waals surface area contributed by atoms with E-state index in [1.165, 1.54) is 23.9 Å². The lowest BCUT2D eigenvalue weighted by Crippen LogP contribution is -2.54. The third-order valence-corrected chi connectivity index (χ3v) is 7.64. The summed E-state index contributed by atoms with van der Waals surface area (Å²) in [7, 11) is -3.34. The Balaban J connectivity index is 2.10. The molecule has 1 heterocycles. The molecule has 1 fully saturated rings. The smallest absolute Gasteiger partial charge is 0.256 e. The zero-order valence-electron chi connectivity index (χ0n) is 16.0. The Morgan fingerprint density at radius 1 is 1.25 bits per heavy atom. The first-order valence-corrected chi connectivity index (χ1v) is 12.0. The Morgan fingerprint density at radius 2 is 1.86 bits per heavy atom. The fraction of sp³-hybridized carbons (Fsp3) is 0.474. The zero-order chi connectivity index (χ0) is 20.5. The lowest BCUT2D eigenvalue weighted by Gasteiger charge is -2.43. The normalized spacial score (nSPS) is 22.9. The van der Waals surface area contributed by atoms with E-state index in [1.807, 2.05) is 4.90 Å². The van der Waals surface area contributed by atoms with Crippen LogP contribution in [0.4, 0.5) is 0 Å². The van der Waals surface area contributed by atoms with E-state index in [2.05, 4.69) is 5.32 Å². The van der Waals surface area contributed by atoms with Crippen molar-refractivity contribution in [2.75, 3.05) is 6.26 Å². The van der Waals surface area contributed by atoms with Crippen molar-refractivity contribution in [3.05, 3.63) is 40.9 Å². The Morgan fingerprint density at radius 3 is 2.36 bits per heavy atom. The number of nitrogens with two attached hydrogens (primary N) is 1. The third kappa shape index (κ3) is 3.91. The first-order chi connectivity index (χ1) is 13.2. The molecule has 0 radical (unpaired) electrons. The van der Waals surface area contributed by atoms with Gasteiger partial charge in [-0.05, 0) is 25.0 Å². The van der Waals surface area contributed by atoms with Crippen LogP contribution in [0.15, 0.2) is 40.3 Å². The van der Waals surface area contributed by atoms with Gasteiger partial charge in [0, 0.05) is 30.5 Å². The molecule has 0 aromatic heterocycles. The van der Waals surface area contributed by atoms with Gasteiger partial charge in [0.05, 0.1) is 9.80 Å². The molecule has 7 nitrogen and oxygen atoms in total. The van der Waals surface area contributed by atoms with Gasteiger partial charge in [0.1, 0.15) is 0 Å². The van der Waals surface area contributed by atoms with Gasteiger partial charge in [-0.1, -0.05) is 43.7 Å². The molecule has 2 aliphatic rings. The number of primary amides is 1. The van der Waals surface area contributed by atoms with E-state index in [-0.39, 0.29) is 23.3 Å². The van der Waals surface area contributed by atoms with Crippen molar-refractivity contribution in [3.8, 4) is 0 Å². The van der Waals surface area contributed by atoms with E-state index >= 15 is 0 Å². The summed E-state index contributed by atoms with van der Waals surface area (Å²) in [6.07, 6.45) is 7.24. The molecule has 28 heavy (non-hydrogen) atoms. The maximum absolute atomic E-state index is 12.4. The van der Waals surface area contributed by atoms with Crippen molar-refractivity contribution in [1.29, 1.82) is 0 Å². The lowest BCUT2D eigenvalue weighted by atomic mass is 10.1. The molecule has 3 rings (SSSR count). The number of nitrogens with one attached hydrogen (secondary N) is 1. The van der Waals surface area contributed by atoms with Crippen molar-refractivity contribution >= 4 is 33.4 Å². The highest BCUT2D eigenvalue weighted by Gasteiger charge is 2.49. The molecule has 1 atom stereocenters. The first-order valence-electron chi connectivity index (χ1n) is 9.28. The summed E-state index contributed by atoms with van der Waals surface area (Å²) in [6, 6.07) is 6.61. The van der Waals surface area contributed by atoms with Crippen LogP contribution in [-0.2, 0) is 24.4 Å². The van der Waals surface area contributed by atoms with Gasteiger partial charge >= 0.3 is 0 Å². The van der Waals surface area contributed by atoms with Crippen molar-refractivity contribution in [2.45, 2.75) is 55.0 Å². The molecule has 1 aliphatic heterocycles. The molecular formula is C19H25N3O4S2. The summed E-state index contributed by atoms with van der Waals surface area (Å²) in [4.78, 5) is 25.9. The molecule has 152 valence electrons. The average molecular weight is 424 g/mol. The molecule has 0 bridgehead atoms. The fourth-order valence-electron chi connectivity index (χ4n) is 3.69. The standard InChI is InChI=1S/C19H25N3O4S2/c1-3-17(23)21-19(13-8-10-15(11-9-13)28(2,25)26)22(14-6-4-5-7-14)12-16(27-19)18(20)24/h8-12,14H,3-7H2,1-2H3,(H2,20,24)(H,21,23). The predicted molar refractivity (Wildman–Crippen MR) is 109 cm³/mol. The molecule has 9 heteroatoms. The number of carbonyl (C=O) groups is 2. The number of hydrogen-bond donors (Lipinski definition) is 2. The first kappa shape index (κ1) is 20.7. The van der Waals surface area contributed by atoms with Crippen molar-refractivity contribution in [1.82, 2.24) is 10.2 Å². The van der Waals surface area contributed by atoms with Gasteiger partial charge in [-0.3, -0.25) is 9.59 Å². The number of sulfone groups is 1. The molecule has 2 amide bonds. The Hall–Kier alpha value is -2.00. The largest absolute Gasteiger partial charge is 0.365 e. The fourth-order valence-corrected chi connectivity index (χ4v) is 5.63. The van der Waals surface area contributed by atoms with Crippen LogP contribution in [0.5, 0.6) is 0 Å². The highest BCUT2D eigenvalue weighted by Crippen LogP contribution is 2.50. The minimum absolute atomic E-state index is 0.163. The van der Waals surface area contributed by atoms with Crippen LogP contribution < -0.4 is 11.1 Å². The van der Waals surface area contributed by atoms with Gasteiger partial charge in [-0.15, -0.1) is 0 Å². The highest BCUT2D eigenvalue weighted by molar-refractivity contribution is 8.05. The van der Waals surface area contributed by atoms with Gasteiger partial charge in [0.25, 0.3) is 5.91 Å². The molecule has 0 saturated heterocycles. The topological polar surface area (TPSA) is 110 Å². The number of benzene rings is 1. The van der Waals surface area contributed by atoms with Gasteiger partial charge in [0.15, 0.2) is 14.8 Å². The number of hydrogen-bond acceptors (Lipinski definition) is 6.